The number of nitrogen functional groups attached to an aromatic ring is 1. The molecule has 0 spiro atoms. The van der Waals surface area contributed by atoms with Crippen LogP contribution < -0.4 is 15.9 Å². The first-order valence-electron chi connectivity index (χ1n) is 8.64. The zero-order valence-electron chi connectivity index (χ0n) is 15.4. The summed E-state index contributed by atoms with van der Waals surface area (Å²) in [5.41, 5.74) is 5.22. The third-order valence-corrected chi connectivity index (χ3v) is 6.25. The summed E-state index contributed by atoms with van der Waals surface area (Å²) >= 11 is 8.03. The number of hydrogen-bond acceptors (Lipinski definition) is 10. The van der Waals surface area contributed by atoms with Gasteiger partial charge in [-0.15, -0.1) is 11.8 Å². The molecule has 1 aromatic heterocycles. The van der Waals surface area contributed by atoms with Crippen LogP contribution in [0.4, 0.5) is 5.13 Å². The molecule has 1 saturated heterocycles. The summed E-state index contributed by atoms with van der Waals surface area (Å²) < 4.78 is 3.98. The Balaban J connectivity index is 1.54. The molecular weight excluding hydrogens is 468 g/mol. The SMILES string of the molecule is Nc1nc(/C(=N/Oc2ccc(Cl)cc2)C(=O)NC2C(=O)N3C(C(=O)O)=CCS[C@H]23)ns1. The van der Waals surface area contributed by atoms with E-state index in [-0.39, 0.29) is 22.4 Å². The van der Waals surface area contributed by atoms with E-state index in [1.807, 2.05) is 0 Å². The summed E-state index contributed by atoms with van der Waals surface area (Å²) in [5, 5.41) is 15.7. The Bertz CT molecular complexity index is 1120. The molecule has 2 atom stereocenters. The van der Waals surface area contributed by atoms with Gasteiger partial charge in [-0.1, -0.05) is 16.8 Å². The molecule has 2 aromatic rings. The number of benzene rings is 1. The number of fused-ring (bicyclic) bond motifs is 1. The lowest BCUT2D eigenvalue weighted by Crippen LogP contribution is -2.70. The number of nitrogens with zero attached hydrogens (tertiary/aromatic N) is 4. The molecule has 2 aliphatic rings. The minimum Gasteiger partial charge on any atom is -0.477 e. The van der Waals surface area contributed by atoms with Crippen molar-refractivity contribution >= 4 is 63.5 Å². The van der Waals surface area contributed by atoms with Crippen molar-refractivity contribution in [2.45, 2.75) is 11.4 Å². The molecule has 2 aliphatic heterocycles. The fourth-order valence-electron chi connectivity index (χ4n) is 2.86. The van der Waals surface area contributed by atoms with Crippen LogP contribution in [0.5, 0.6) is 5.75 Å². The van der Waals surface area contributed by atoms with Gasteiger partial charge in [-0.25, -0.2) is 4.79 Å². The van der Waals surface area contributed by atoms with Gasteiger partial charge >= 0.3 is 5.97 Å². The number of aliphatic carboxylic acids is 1. The summed E-state index contributed by atoms with van der Waals surface area (Å²) in [6, 6.07) is 5.34. The summed E-state index contributed by atoms with van der Waals surface area (Å²) in [4.78, 5) is 47.1. The summed E-state index contributed by atoms with van der Waals surface area (Å²) in [6.07, 6.45) is 1.45. The smallest absolute Gasteiger partial charge is 0.352 e. The largest absolute Gasteiger partial charge is 0.477 e. The number of anilines is 1. The van der Waals surface area contributed by atoms with Gasteiger partial charge in [0.1, 0.15) is 17.1 Å². The minimum atomic E-state index is -1.20. The molecule has 0 bridgehead atoms. The molecular formula is C17H13ClN6O5S2. The van der Waals surface area contributed by atoms with Crippen molar-refractivity contribution in [1.29, 1.82) is 0 Å². The van der Waals surface area contributed by atoms with E-state index in [9.17, 15) is 19.5 Å². The molecule has 1 fully saturated rings. The number of aromatic nitrogens is 2. The minimum absolute atomic E-state index is 0.0694. The van der Waals surface area contributed by atoms with E-state index in [4.69, 9.17) is 22.2 Å². The quantitative estimate of drug-likeness (QED) is 0.310. The number of nitrogens with two attached hydrogens (primary N) is 1. The summed E-state index contributed by atoms with van der Waals surface area (Å²) in [5.74, 6) is -1.88. The number of nitrogens with one attached hydrogen (secondary N) is 1. The van der Waals surface area contributed by atoms with Gasteiger partial charge in [0.15, 0.2) is 10.9 Å². The number of oxime groups is 1. The topological polar surface area (TPSA) is 160 Å². The number of hydrogen-bond donors (Lipinski definition) is 3. The maximum atomic E-state index is 12.9. The lowest BCUT2D eigenvalue weighted by molar-refractivity contribution is -0.150. The predicted molar refractivity (Wildman–Crippen MR) is 114 cm³/mol. The molecule has 0 saturated carbocycles. The number of halogens is 1. The van der Waals surface area contributed by atoms with Crippen LogP contribution in [0.2, 0.25) is 5.02 Å². The summed E-state index contributed by atoms with van der Waals surface area (Å²) in [7, 11) is 0. The van der Waals surface area contributed by atoms with E-state index < -0.39 is 29.2 Å². The fraction of sp³-hybridized carbons (Fsp3) is 0.176. The first-order valence-corrected chi connectivity index (χ1v) is 10.8. The van der Waals surface area contributed by atoms with Crippen molar-refractivity contribution in [1.82, 2.24) is 19.6 Å². The molecule has 2 amide bonds. The maximum Gasteiger partial charge on any atom is 0.352 e. The number of carbonyl (C=O) groups excluding carboxylic acids is 2. The average Bonchev–Trinajstić information content (AvgIpc) is 3.18. The maximum absolute atomic E-state index is 12.9. The normalized spacial score (nSPS) is 20.4. The van der Waals surface area contributed by atoms with E-state index in [0.29, 0.717) is 16.5 Å². The zero-order chi connectivity index (χ0) is 22.1. The standard InChI is InChI=1S/C17H13ClN6O5S2/c18-7-1-3-8(4-2-7)29-22-10(12-21-17(19)31-23-12)13(25)20-11-14(26)24-9(16(27)28)5-6-30-15(11)24/h1-5,11,15H,6H2,(H,20,25)(H,27,28)(H2,19,21,23)/b22-10-/t11?,15-/m1/s1. The Morgan fingerprint density at radius 2 is 2.10 bits per heavy atom. The molecule has 160 valence electrons. The van der Waals surface area contributed by atoms with Gasteiger partial charge in [-0.3, -0.25) is 14.5 Å². The molecule has 0 aliphatic carbocycles. The Morgan fingerprint density at radius 3 is 2.74 bits per heavy atom. The molecule has 3 heterocycles. The monoisotopic (exact) mass is 480 g/mol. The van der Waals surface area contributed by atoms with Crippen LogP contribution in [-0.4, -0.2) is 60.0 Å². The number of carboxylic acid groups (broad SMARTS) is 1. The number of rotatable bonds is 6. The van der Waals surface area contributed by atoms with Crippen molar-refractivity contribution in [2.24, 2.45) is 5.16 Å². The average molecular weight is 481 g/mol. The Labute approximate surface area is 188 Å². The van der Waals surface area contributed by atoms with Crippen LogP contribution in [0, 0.1) is 0 Å². The van der Waals surface area contributed by atoms with Gasteiger partial charge in [0.2, 0.25) is 11.5 Å². The first kappa shape index (κ1) is 21.1. The molecule has 1 aromatic carbocycles. The highest BCUT2D eigenvalue weighted by Crippen LogP contribution is 2.37. The molecule has 31 heavy (non-hydrogen) atoms. The third-order valence-electron chi connectivity index (χ3n) is 4.28. The highest BCUT2D eigenvalue weighted by atomic mass is 35.5. The van der Waals surface area contributed by atoms with Gasteiger partial charge in [0.25, 0.3) is 11.8 Å². The van der Waals surface area contributed by atoms with Crippen molar-refractivity contribution in [2.75, 3.05) is 11.5 Å². The van der Waals surface area contributed by atoms with Crippen molar-refractivity contribution in [3.8, 4) is 5.75 Å². The Kier molecular flexibility index (Phi) is 5.80. The lowest BCUT2D eigenvalue weighted by Gasteiger charge is -2.48. The number of carboxylic acids is 1. The molecule has 1 unspecified atom stereocenters. The Hall–Kier alpha value is -3.16. The van der Waals surface area contributed by atoms with Gasteiger partial charge in [-0.2, -0.15) is 9.36 Å². The van der Waals surface area contributed by atoms with E-state index in [0.717, 1.165) is 16.4 Å². The fourth-order valence-corrected chi connectivity index (χ4v) is 4.61. The first-order chi connectivity index (χ1) is 14.8. The highest BCUT2D eigenvalue weighted by Gasteiger charge is 2.53. The molecule has 4 rings (SSSR count). The van der Waals surface area contributed by atoms with Crippen molar-refractivity contribution in [3.63, 3.8) is 0 Å². The van der Waals surface area contributed by atoms with E-state index >= 15 is 0 Å². The van der Waals surface area contributed by atoms with E-state index in [1.165, 1.54) is 17.8 Å². The number of thioether (sulfide) groups is 1. The van der Waals surface area contributed by atoms with Gasteiger partial charge in [0.05, 0.1) is 0 Å². The van der Waals surface area contributed by atoms with Crippen LogP contribution in [0.15, 0.2) is 41.2 Å². The number of β-lactam (4-membered cyclic amide) rings is 1. The van der Waals surface area contributed by atoms with E-state index in [1.54, 1.807) is 24.3 Å². The molecule has 4 N–H and O–H groups in total. The zero-order valence-corrected chi connectivity index (χ0v) is 17.8. The molecule has 11 nitrogen and oxygen atoms in total. The van der Waals surface area contributed by atoms with Crippen LogP contribution in [0.1, 0.15) is 5.82 Å². The second-order valence-corrected chi connectivity index (χ2v) is 8.59. The second kappa shape index (κ2) is 8.53. The van der Waals surface area contributed by atoms with Crippen LogP contribution in [0.3, 0.4) is 0 Å². The molecule has 0 radical (unpaired) electrons. The lowest BCUT2D eigenvalue weighted by atomic mass is 10.0. The molecule has 14 heteroatoms. The van der Waals surface area contributed by atoms with Gasteiger partial charge in [-0.05, 0) is 30.3 Å². The van der Waals surface area contributed by atoms with E-state index in [2.05, 4.69) is 19.8 Å². The Morgan fingerprint density at radius 1 is 1.35 bits per heavy atom. The van der Waals surface area contributed by atoms with Crippen LogP contribution >= 0.6 is 34.9 Å². The van der Waals surface area contributed by atoms with Gasteiger partial charge in [0, 0.05) is 22.3 Å². The van der Waals surface area contributed by atoms with Crippen molar-refractivity contribution in [3.05, 3.63) is 46.9 Å². The van der Waals surface area contributed by atoms with Gasteiger partial charge < -0.3 is 21.0 Å². The van der Waals surface area contributed by atoms with Crippen LogP contribution in [0.25, 0.3) is 0 Å². The highest BCUT2D eigenvalue weighted by molar-refractivity contribution is 8.00. The van der Waals surface area contributed by atoms with Crippen molar-refractivity contribution < 1.29 is 24.3 Å². The number of carbonyl (C=O) groups is 3. The second-order valence-electron chi connectivity index (χ2n) is 6.22. The number of amides is 2. The van der Waals surface area contributed by atoms with Crippen LogP contribution in [-0.2, 0) is 14.4 Å². The third kappa shape index (κ3) is 4.19. The summed E-state index contributed by atoms with van der Waals surface area (Å²) in [6.45, 7) is 0. The predicted octanol–water partition coefficient (Wildman–Crippen LogP) is 0.925.